The molecule has 8 nitrogen and oxygen atoms in total. The lowest BCUT2D eigenvalue weighted by Gasteiger charge is -2.28. The fourth-order valence-electron chi connectivity index (χ4n) is 3.30. The first-order valence-corrected chi connectivity index (χ1v) is 17.2. The minimum absolute atomic E-state index is 0.493. The van der Waals surface area contributed by atoms with Gasteiger partial charge in [0.25, 0.3) is 0 Å². The van der Waals surface area contributed by atoms with E-state index in [1.54, 1.807) is 0 Å². The van der Waals surface area contributed by atoms with Crippen molar-refractivity contribution >= 4 is 52.1 Å². The van der Waals surface area contributed by atoms with Crippen molar-refractivity contribution in [1.82, 2.24) is 0 Å². The van der Waals surface area contributed by atoms with E-state index < -0.39 is 17.6 Å². The van der Waals surface area contributed by atoms with Crippen LogP contribution in [0.4, 0.5) is 0 Å². The molecule has 0 aromatic heterocycles. The Hall–Kier alpha value is -0.0262. The summed E-state index contributed by atoms with van der Waals surface area (Å²) in [7, 11) is -5.28. The molecule has 0 aromatic rings. The summed E-state index contributed by atoms with van der Waals surface area (Å²) in [5.74, 6) is 0. The van der Waals surface area contributed by atoms with Gasteiger partial charge in [-0.05, 0) is 78.8 Å². The van der Waals surface area contributed by atoms with Crippen LogP contribution in [0.25, 0.3) is 0 Å². The molecule has 0 spiro atoms. The first kappa shape index (κ1) is 34.0. The van der Waals surface area contributed by atoms with Crippen molar-refractivity contribution < 1.29 is 36.0 Å². The molecular formula is C22H46O8S2Si2. The number of ether oxygens (including phenoxy) is 2. The van der Waals surface area contributed by atoms with Crippen molar-refractivity contribution in [2.24, 2.45) is 0 Å². The summed E-state index contributed by atoms with van der Waals surface area (Å²) in [6, 6.07) is 1.39. The Labute approximate surface area is 220 Å². The highest BCUT2D eigenvalue weighted by Crippen LogP contribution is 2.19. The highest BCUT2D eigenvalue weighted by molar-refractivity contribution is 7.80. The monoisotopic (exact) mass is 558 g/mol. The lowest BCUT2D eigenvalue weighted by atomic mass is 10.3. The molecule has 0 aliphatic heterocycles. The van der Waals surface area contributed by atoms with Crippen LogP contribution in [0.2, 0.25) is 12.1 Å². The highest BCUT2D eigenvalue weighted by Gasteiger charge is 2.40. The zero-order chi connectivity index (χ0) is 25.7. The lowest BCUT2D eigenvalue weighted by Crippen LogP contribution is -2.46. The van der Waals surface area contributed by atoms with Gasteiger partial charge in [0, 0.05) is 64.6 Å². The number of thiocarbonyl (C=S) groups is 2. The van der Waals surface area contributed by atoms with Gasteiger partial charge in [-0.25, -0.2) is 0 Å². The third-order valence-corrected chi connectivity index (χ3v) is 11.4. The molecule has 0 saturated carbocycles. The molecule has 0 aromatic carbocycles. The molecule has 0 heterocycles. The van der Waals surface area contributed by atoms with Crippen molar-refractivity contribution in [2.45, 2.75) is 79.3 Å². The van der Waals surface area contributed by atoms with Gasteiger partial charge in [0.1, 0.15) is 0 Å². The van der Waals surface area contributed by atoms with Gasteiger partial charge in [-0.2, -0.15) is 0 Å². The Kier molecular flexibility index (Phi) is 21.1. The Morgan fingerprint density at radius 3 is 1.00 bits per heavy atom. The van der Waals surface area contributed by atoms with Gasteiger partial charge in [0.15, 0.2) is 10.1 Å². The topological polar surface area (TPSA) is 73.8 Å². The van der Waals surface area contributed by atoms with Crippen molar-refractivity contribution in [3.8, 4) is 0 Å². The quantitative estimate of drug-likeness (QED) is 0.0933. The molecule has 0 rings (SSSR count). The van der Waals surface area contributed by atoms with Crippen molar-refractivity contribution in [2.75, 3.05) is 52.9 Å². The van der Waals surface area contributed by atoms with Crippen LogP contribution in [-0.4, -0.2) is 80.6 Å². The first-order chi connectivity index (χ1) is 16.4. The van der Waals surface area contributed by atoms with Crippen LogP contribution in [0.5, 0.6) is 0 Å². The van der Waals surface area contributed by atoms with Crippen LogP contribution >= 0.6 is 24.4 Å². The molecule has 0 radical (unpaired) electrons. The molecule has 0 saturated heterocycles. The maximum atomic E-state index is 5.86. The van der Waals surface area contributed by atoms with E-state index in [-0.39, 0.29) is 0 Å². The lowest BCUT2D eigenvalue weighted by molar-refractivity contribution is 0.0687. The summed E-state index contributed by atoms with van der Waals surface area (Å²) in [6.45, 7) is 16.1. The Balaban J connectivity index is 4.22. The summed E-state index contributed by atoms with van der Waals surface area (Å²) in [4.78, 5) is 0. The normalized spacial score (nSPS) is 12.1. The van der Waals surface area contributed by atoms with Crippen LogP contribution in [0.15, 0.2) is 0 Å². The SMILES string of the molecule is CCO[Si](CCCOC(=S)CCC(=S)OCCC[Si](OCC)(OCC)OCC)(OCC)OCC. The smallest absolute Gasteiger partial charge is 0.487 e. The summed E-state index contributed by atoms with van der Waals surface area (Å²) in [6.07, 6.45) is 2.60. The average molecular weight is 559 g/mol. The Morgan fingerprint density at radius 1 is 0.500 bits per heavy atom. The second-order valence-electron chi connectivity index (χ2n) is 7.11. The molecule has 34 heavy (non-hydrogen) atoms. The number of hydrogen-bond donors (Lipinski definition) is 0. The zero-order valence-electron chi connectivity index (χ0n) is 22.0. The fourth-order valence-corrected chi connectivity index (χ4v) is 8.83. The van der Waals surface area contributed by atoms with Gasteiger partial charge < -0.3 is 36.0 Å². The molecule has 0 unspecified atom stereocenters. The predicted molar refractivity (Wildman–Crippen MR) is 146 cm³/mol. The molecular weight excluding hydrogens is 513 g/mol. The molecule has 0 bridgehead atoms. The fraction of sp³-hybridized carbons (Fsp3) is 0.909. The number of hydrogen-bond acceptors (Lipinski definition) is 10. The third kappa shape index (κ3) is 15.2. The predicted octanol–water partition coefficient (Wildman–Crippen LogP) is 5.33. The van der Waals surface area contributed by atoms with E-state index in [9.17, 15) is 0 Å². The van der Waals surface area contributed by atoms with Gasteiger partial charge in [-0.3, -0.25) is 0 Å². The van der Waals surface area contributed by atoms with Gasteiger partial charge in [-0.1, -0.05) is 0 Å². The molecule has 0 N–H and O–H groups in total. The average Bonchev–Trinajstić information content (AvgIpc) is 2.79. The molecule has 0 fully saturated rings. The van der Waals surface area contributed by atoms with Gasteiger partial charge in [0.2, 0.25) is 0 Å². The zero-order valence-corrected chi connectivity index (χ0v) is 25.6. The third-order valence-electron chi connectivity index (χ3n) is 4.50. The van der Waals surface area contributed by atoms with Crippen molar-refractivity contribution in [1.29, 1.82) is 0 Å². The second kappa shape index (κ2) is 21.1. The Bertz CT molecular complexity index is 463. The molecule has 0 aliphatic carbocycles. The van der Waals surface area contributed by atoms with E-state index in [1.165, 1.54) is 0 Å². The van der Waals surface area contributed by atoms with Crippen molar-refractivity contribution in [3.63, 3.8) is 0 Å². The van der Waals surface area contributed by atoms with E-state index in [1.807, 2.05) is 41.5 Å². The summed E-state index contributed by atoms with van der Waals surface area (Å²) in [5.41, 5.74) is 0. The summed E-state index contributed by atoms with van der Waals surface area (Å²) < 4.78 is 46.5. The molecule has 0 atom stereocenters. The van der Waals surface area contributed by atoms with Crippen LogP contribution in [-0.2, 0) is 36.0 Å². The Morgan fingerprint density at radius 2 is 0.765 bits per heavy atom. The van der Waals surface area contributed by atoms with Crippen LogP contribution < -0.4 is 0 Å². The van der Waals surface area contributed by atoms with E-state index >= 15 is 0 Å². The van der Waals surface area contributed by atoms with Gasteiger partial charge in [-0.15, -0.1) is 0 Å². The van der Waals surface area contributed by atoms with Gasteiger partial charge >= 0.3 is 17.6 Å². The number of rotatable bonds is 23. The van der Waals surface area contributed by atoms with E-state index in [2.05, 4.69) is 0 Å². The van der Waals surface area contributed by atoms with E-state index in [0.717, 1.165) is 12.8 Å². The van der Waals surface area contributed by atoms with Crippen LogP contribution in [0.1, 0.15) is 67.2 Å². The molecule has 202 valence electrons. The minimum Gasteiger partial charge on any atom is -0.487 e. The minimum atomic E-state index is -2.64. The second-order valence-corrected chi connectivity index (χ2v) is 13.5. The summed E-state index contributed by atoms with van der Waals surface area (Å²) >= 11 is 10.7. The first-order valence-electron chi connectivity index (χ1n) is 12.5. The molecule has 12 heteroatoms. The van der Waals surface area contributed by atoms with Crippen molar-refractivity contribution in [3.05, 3.63) is 0 Å². The molecule has 0 amide bonds. The largest absolute Gasteiger partial charge is 0.501 e. The highest BCUT2D eigenvalue weighted by atomic mass is 32.1. The maximum Gasteiger partial charge on any atom is 0.501 e. The van der Waals surface area contributed by atoms with Gasteiger partial charge in [0.05, 0.1) is 13.2 Å². The molecule has 0 aliphatic rings. The van der Waals surface area contributed by atoms with E-state index in [0.29, 0.717) is 87.9 Å². The maximum absolute atomic E-state index is 5.86. The standard InChI is InChI=1S/C22H46O8S2Si2/c1-7-25-33(26-8-2,27-9-3)19-13-17-23-21(31)15-16-22(32)24-18-14-20-34(28-10-4,29-11-5)30-12-6/h7-20H2,1-6H3. The summed E-state index contributed by atoms with van der Waals surface area (Å²) in [5, 5.41) is 1.05. The van der Waals surface area contributed by atoms with Crippen LogP contribution in [0, 0.1) is 0 Å². The van der Waals surface area contributed by atoms with E-state index in [4.69, 9.17) is 60.5 Å². The van der Waals surface area contributed by atoms with Crippen LogP contribution in [0.3, 0.4) is 0 Å².